The molecule has 0 radical (unpaired) electrons. The highest BCUT2D eigenvalue weighted by Gasteiger charge is 2.21. The summed E-state index contributed by atoms with van der Waals surface area (Å²) < 4.78 is 0. The molecule has 0 saturated heterocycles. The quantitative estimate of drug-likeness (QED) is 0.352. The molecular weight excluding hydrogens is 404 g/mol. The summed E-state index contributed by atoms with van der Waals surface area (Å²) in [4.78, 5) is 31.0. The lowest BCUT2D eigenvalue weighted by Crippen LogP contribution is -2.31. The number of hydrogen-bond acceptors (Lipinski definition) is 4. The molecule has 2 N–H and O–H groups in total. The first-order valence-corrected chi connectivity index (χ1v) is 9.60. The molecule has 7 nitrogen and oxygen atoms in total. The maximum atomic E-state index is 12.7. The van der Waals surface area contributed by atoms with E-state index in [2.05, 4.69) is 15.3 Å². The normalized spacial score (nSPS) is 11.9. The minimum Gasteiger partial charge on any atom is -0.342 e. The van der Waals surface area contributed by atoms with Crippen molar-refractivity contribution in [2.24, 2.45) is 0 Å². The number of imidazole rings is 1. The van der Waals surface area contributed by atoms with Crippen molar-refractivity contribution in [3.8, 4) is 0 Å². The molecule has 0 bridgehead atoms. The zero-order valence-corrected chi connectivity index (χ0v) is 16.5. The average molecular weight is 421 g/mol. The Labute approximate surface area is 176 Å². The highest BCUT2D eigenvalue weighted by atomic mass is 35.5. The van der Waals surface area contributed by atoms with E-state index >= 15 is 0 Å². The number of carbonyl (C=O) groups excluding carboxylic acids is 1. The van der Waals surface area contributed by atoms with Gasteiger partial charge in [0.05, 0.1) is 22.4 Å². The minimum absolute atomic E-state index is 0.0271. The van der Waals surface area contributed by atoms with Crippen LogP contribution in [0.3, 0.4) is 0 Å². The molecule has 1 amide bonds. The predicted octanol–water partition coefficient (Wildman–Crippen LogP) is 4.57. The van der Waals surface area contributed by atoms with Crippen molar-refractivity contribution in [3.63, 3.8) is 0 Å². The van der Waals surface area contributed by atoms with Gasteiger partial charge in [-0.25, -0.2) is 4.98 Å². The van der Waals surface area contributed by atoms with Crippen LogP contribution in [0.2, 0.25) is 5.02 Å². The molecule has 4 aromatic rings. The average Bonchev–Trinajstić information content (AvgIpc) is 3.17. The molecule has 0 aliphatic carbocycles. The zero-order valence-electron chi connectivity index (χ0n) is 15.7. The Balaban J connectivity index is 1.65. The fraction of sp³-hybridized carbons (Fsp3) is 0.0909. The second kappa shape index (κ2) is 8.34. The fourth-order valence-corrected chi connectivity index (χ4v) is 3.35. The zero-order chi connectivity index (χ0) is 21.1. The van der Waals surface area contributed by atoms with Crippen LogP contribution in [0.25, 0.3) is 11.0 Å². The molecule has 3 aromatic carbocycles. The molecule has 0 aliphatic heterocycles. The first-order chi connectivity index (χ1) is 14.5. The molecule has 150 valence electrons. The van der Waals surface area contributed by atoms with Crippen molar-refractivity contribution >= 4 is 34.2 Å². The first-order valence-electron chi connectivity index (χ1n) is 9.22. The molecule has 1 heterocycles. The van der Waals surface area contributed by atoms with E-state index in [4.69, 9.17) is 11.6 Å². The van der Waals surface area contributed by atoms with Crippen molar-refractivity contribution in [2.45, 2.75) is 12.5 Å². The molecule has 1 unspecified atom stereocenters. The van der Waals surface area contributed by atoms with Gasteiger partial charge >= 0.3 is 0 Å². The van der Waals surface area contributed by atoms with E-state index in [1.54, 1.807) is 30.3 Å². The topological polar surface area (TPSA) is 101 Å². The molecule has 0 saturated carbocycles. The number of nitrogens with zero attached hydrogens (tertiary/aromatic N) is 2. The summed E-state index contributed by atoms with van der Waals surface area (Å²) in [6, 6.07) is 20.4. The standard InChI is InChI=1S/C22H17ClN4O3/c23-16-8-6-14(7-9-16)12-20(28)26-21(15-4-2-1-3-5-15)22-24-18-11-10-17(27(29)30)13-19(18)25-22/h1-11,13,21H,12H2,(H,24,25)(H,26,28). The Morgan fingerprint density at radius 1 is 1.10 bits per heavy atom. The fourth-order valence-electron chi connectivity index (χ4n) is 3.22. The van der Waals surface area contributed by atoms with Crippen LogP contribution in [0.4, 0.5) is 5.69 Å². The number of carbonyl (C=O) groups is 1. The van der Waals surface area contributed by atoms with Gasteiger partial charge in [-0.2, -0.15) is 0 Å². The summed E-state index contributed by atoms with van der Waals surface area (Å²) >= 11 is 5.91. The van der Waals surface area contributed by atoms with Crippen molar-refractivity contribution in [1.29, 1.82) is 0 Å². The van der Waals surface area contributed by atoms with Gasteiger partial charge in [-0.1, -0.05) is 54.1 Å². The van der Waals surface area contributed by atoms with Gasteiger partial charge in [0, 0.05) is 17.2 Å². The number of nitro groups is 1. The van der Waals surface area contributed by atoms with Crippen LogP contribution in [-0.2, 0) is 11.2 Å². The lowest BCUT2D eigenvalue weighted by atomic mass is 10.1. The van der Waals surface area contributed by atoms with Crippen molar-refractivity contribution in [2.75, 3.05) is 0 Å². The van der Waals surface area contributed by atoms with Gasteiger partial charge in [0.15, 0.2) is 0 Å². The number of aromatic amines is 1. The summed E-state index contributed by atoms with van der Waals surface area (Å²) in [6.45, 7) is 0. The first kappa shape index (κ1) is 19.6. The van der Waals surface area contributed by atoms with E-state index < -0.39 is 11.0 Å². The maximum absolute atomic E-state index is 12.7. The summed E-state index contributed by atoms with van der Waals surface area (Å²) in [6.07, 6.45) is 0.187. The predicted molar refractivity (Wildman–Crippen MR) is 114 cm³/mol. The lowest BCUT2D eigenvalue weighted by Gasteiger charge is -2.17. The van der Waals surface area contributed by atoms with Crippen LogP contribution < -0.4 is 5.32 Å². The van der Waals surface area contributed by atoms with Crippen molar-refractivity contribution in [3.05, 3.63) is 105 Å². The molecule has 4 rings (SSSR count). The lowest BCUT2D eigenvalue weighted by molar-refractivity contribution is -0.384. The van der Waals surface area contributed by atoms with Gasteiger partial charge in [-0.15, -0.1) is 0 Å². The van der Waals surface area contributed by atoms with Crippen LogP contribution in [0.1, 0.15) is 23.0 Å². The smallest absolute Gasteiger partial charge is 0.271 e. The Morgan fingerprint density at radius 2 is 1.83 bits per heavy atom. The Kier molecular flexibility index (Phi) is 5.45. The van der Waals surface area contributed by atoms with Gasteiger partial charge < -0.3 is 10.3 Å². The second-order valence-corrected chi connectivity index (χ2v) is 7.23. The number of hydrogen-bond donors (Lipinski definition) is 2. The number of benzene rings is 3. The van der Waals surface area contributed by atoms with Gasteiger partial charge in [0.2, 0.25) is 5.91 Å². The van der Waals surface area contributed by atoms with Crippen molar-refractivity contribution < 1.29 is 9.72 Å². The van der Waals surface area contributed by atoms with Gasteiger partial charge in [-0.3, -0.25) is 14.9 Å². The summed E-state index contributed by atoms with van der Waals surface area (Å²) in [5.41, 5.74) is 2.77. The van der Waals surface area contributed by atoms with Crippen LogP contribution >= 0.6 is 11.6 Å². The SMILES string of the molecule is O=C(Cc1ccc(Cl)cc1)NC(c1ccccc1)c1nc2ccc([N+](=O)[O-])cc2[nH]1. The monoisotopic (exact) mass is 420 g/mol. The van der Waals surface area contributed by atoms with E-state index in [1.807, 2.05) is 30.3 Å². The van der Waals surface area contributed by atoms with E-state index in [-0.39, 0.29) is 18.0 Å². The molecule has 0 aliphatic rings. The number of nitro benzene ring substituents is 1. The number of halogens is 1. The van der Waals surface area contributed by atoms with Crippen LogP contribution in [0.15, 0.2) is 72.8 Å². The second-order valence-electron chi connectivity index (χ2n) is 6.80. The molecular formula is C22H17ClN4O3. The Morgan fingerprint density at radius 3 is 2.53 bits per heavy atom. The number of H-pyrrole nitrogens is 1. The van der Waals surface area contributed by atoms with Gasteiger partial charge in [0.1, 0.15) is 11.9 Å². The number of rotatable bonds is 6. The third-order valence-electron chi connectivity index (χ3n) is 4.68. The van der Waals surface area contributed by atoms with E-state index in [0.29, 0.717) is 21.9 Å². The minimum atomic E-state index is -0.530. The van der Waals surface area contributed by atoms with Crippen LogP contribution in [0, 0.1) is 10.1 Å². The number of nitrogens with one attached hydrogen (secondary N) is 2. The molecule has 1 aromatic heterocycles. The summed E-state index contributed by atoms with van der Waals surface area (Å²) in [7, 11) is 0. The molecule has 8 heteroatoms. The van der Waals surface area contributed by atoms with E-state index in [0.717, 1.165) is 11.1 Å². The molecule has 0 fully saturated rings. The Hall–Kier alpha value is -3.71. The Bertz CT molecular complexity index is 1210. The maximum Gasteiger partial charge on any atom is 0.271 e. The number of amides is 1. The summed E-state index contributed by atoms with van der Waals surface area (Å²) in [5.74, 6) is 0.318. The third kappa shape index (κ3) is 4.31. The number of non-ortho nitro benzene ring substituents is 1. The number of fused-ring (bicyclic) bond motifs is 1. The van der Waals surface area contributed by atoms with Gasteiger partial charge in [-0.05, 0) is 29.3 Å². The largest absolute Gasteiger partial charge is 0.342 e. The highest BCUT2D eigenvalue weighted by molar-refractivity contribution is 6.30. The molecule has 30 heavy (non-hydrogen) atoms. The van der Waals surface area contributed by atoms with E-state index in [9.17, 15) is 14.9 Å². The summed E-state index contributed by atoms with van der Waals surface area (Å²) in [5, 5.41) is 14.7. The van der Waals surface area contributed by atoms with Crippen molar-refractivity contribution in [1.82, 2.24) is 15.3 Å². The molecule has 1 atom stereocenters. The number of aromatic nitrogens is 2. The third-order valence-corrected chi connectivity index (χ3v) is 4.94. The van der Waals surface area contributed by atoms with Gasteiger partial charge in [0.25, 0.3) is 5.69 Å². The van der Waals surface area contributed by atoms with Crippen LogP contribution in [0.5, 0.6) is 0 Å². The molecule has 0 spiro atoms. The highest BCUT2D eigenvalue weighted by Crippen LogP contribution is 2.25. The van der Waals surface area contributed by atoms with Crippen LogP contribution in [-0.4, -0.2) is 20.8 Å². The van der Waals surface area contributed by atoms with E-state index in [1.165, 1.54) is 12.1 Å².